The van der Waals surface area contributed by atoms with Crippen molar-refractivity contribution in [1.29, 1.82) is 0 Å². The summed E-state index contributed by atoms with van der Waals surface area (Å²) in [4.78, 5) is 0. The van der Waals surface area contributed by atoms with Gasteiger partial charge in [-0.25, -0.2) is 0 Å². The van der Waals surface area contributed by atoms with E-state index < -0.39 is 0 Å². The van der Waals surface area contributed by atoms with Gasteiger partial charge in [0, 0.05) is 25.9 Å². The van der Waals surface area contributed by atoms with Crippen LogP contribution in [0, 0.1) is 6.92 Å². The maximum atomic E-state index is 5.05. The third kappa shape index (κ3) is 2.63. The van der Waals surface area contributed by atoms with Gasteiger partial charge < -0.3 is 9.84 Å². The van der Waals surface area contributed by atoms with Gasteiger partial charge in [0.05, 0.1) is 17.9 Å². The summed E-state index contributed by atoms with van der Waals surface area (Å²) in [6.07, 6.45) is 1.87. The normalized spacial score (nSPS) is 10.8. The van der Waals surface area contributed by atoms with Crippen LogP contribution >= 0.6 is 0 Å². The number of rotatable bonds is 4. The molecule has 0 amide bonds. The first-order valence-corrected chi connectivity index (χ1v) is 4.72. The Morgan fingerprint density at radius 1 is 1.47 bits per heavy atom. The molecule has 6 heteroatoms. The van der Waals surface area contributed by atoms with Crippen LogP contribution in [-0.4, -0.2) is 20.2 Å². The Morgan fingerprint density at radius 3 is 2.93 bits per heavy atom. The summed E-state index contributed by atoms with van der Waals surface area (Å²) in [7, 11) is 1.84. The topological polar surface area (TPSA) is 68.8 Å². The standard InChI is InChI=1S/C9H13N5O/c1-7-3-9(15-12-7)5-10-4-8-6-14(2)13-11-8/h3,6,10H,4-5H2,1-2H3. The van der Waals surface area contributed by atoms with E-state index in [9.17, 15) is 0 Å². The van der Waals surface area contributed by atoms with E-state index in [-0.39, 0.29) is 0 Å². The second-order valence-electron chi connectivity index (χ2n) is 3.42. The number of aryl methyl sites for hydroxylation is 2. The highest BCUT2D eigenvalue weighted by molar-refractivity contribution is 5.02. The van der Waals surface area contributed by atoms with E-state index in [0.29, 0.717) is 13.1 Å². The van der Waals surface area contributed by atoms with Crippen molar-refractivity contribution in [2.75, 3.05) is 0 Å². The maximum Gasteiger partial charge on any atom is 0.150 e. The summed E-state index contributed by atoms with van der Waals surface area (Å²) in [6.45, 7) is 3.22. The predicted molar refractivity (Wildman–Crippen MR) is 52.8 cm³/mol. The van der Waals surface area contributed by atoms with Gasteiger partial charge >= 0.3 is 0 Å². The maximum absolute atomic E-state index is 5.05. The molecule has 2 rings (SSSR count). The van der Waals surface area contributed by atoms with E-state index >= 15 is 0 Å². The Balaban J connectivity index is 1.80. The van der Waals surface area contributed by atoms with E-state index in [1.54, 1.807) is 4.68 Å². The van der Waals surface area contributed by atoms with Crippen LogP contribution in [0.2, 0.25) is 0 Å². The number of nitrogens with zero attached hydrogens (tertiary/aromatic N) is 4. The first-order chi connectivity index (χ1) is 7.24. The third-order valence-corrected chi connectivity index (χ3v) is 1.93. The number of hydrogen-bond acceptors (Lipinski definition) is 5. The SMILES string of the molecule is Cc1cc(CNCc2cn(C)nn2)on1. The van der Waals surface area contributed by atoms with E-state index in [0.717, 1.165) is 17.1 Å². The molecule has 0 aliphatic carbocycles. The van der Waals surface area contributed by atoms with Crippen LogP contribution in [-0.2, 0) is 20.1 Å². The molecule has 0 unspecified atom stereocenters. The largest absolute Gasteiger partial charge is 0.360 e. The van der Waals surface area contributed by atoms with Crippen molar-refractivity contribution in [3.8, 4) is 0 Å². The van der Waals surface area contributed by atoms with Crippen LogP contribution in [0.25, 0.3) is 0 Å². The molecule has 0 fully saturated rings. The summed E-state index contributed by atoms with van der Waals surface area (Å²) in [5.41, 5.74) is 1.81. The van der Waals surface area contributed by atoms with Crippen LogP contribution in [0.5, 0.6) is 0 Å². The van der Waals surface area contributed by atoms with Crippen LogP contribution in [0.1, 0.15) is 17.1 Å². The lowest BCUT2D eigenvalue weighted by atomic mass is 10.4. The van der Waals surface area contributed by atoms with Crippen LogP contribution in [0.3, 0.4) is 0 Å². The first kappa shape index (κ1) is 9.85. The molecule has 0 aliphatic heterocycles. The highest BCUT2D eigenvalue weighted by Gasteiger charge is 2.01. The summed E-state index contributed by atoms with van der Waals surface area (Å²) in [6, 6.07) is 1.91. The molecule has 0 atom stereocenters. The average Bonchev–Trinajstić information content (AvgIpc) is 2.76. The molecule has 2 heterocycles. The zero-order chi connectivity index (χ0) is 10.7. The highest BCUT2D eigenvalue weighted by atomic mass is 16.5. The molecular formula is C9H13N5O. The Morgan fingerprint density at radius 2 is 2.33 bits per heavy atom. The number of aromatic nitrogens is 4. The third-order valence-electron chi connectivity index (χ3n) is 1.93. The molecule has 0 saturated carbocycles. The van der Waals surface area contributed by atoms with Crippen molar-refractivity contribution < 1.29 is 4.52 Å². The minimum absolute atomic E-state index is 0.650. The van der Waals surface area contributed by atoms with Crippen molar-refractivity contribution in [2.45, 2.75) is 20.0 Å². The van der Waals surface area contributed by atoms with Gasteiger partial charge in [-0.1, -0.05) is 10.4 Å². The molecule has 2 aromatic heterocycles. The Kier molecular flexibility index (Phi) is 2.77. The fourth-order valence-electron chi connectivity index (χ4n) is 1.29. The van der Waals surface area contributed by atoms with Crippen molar-refractivity contribution in [2.24, 2.45) is 7.05 Å². The van der Waals surface area contributed by atoms with Crippen LogP contribution < -0.4 is 5.32 Å². The van der Waals surface area contributed by atoms with Crippen molar-refractivity contribution in [1.82, 2.24) is 25.5 Å². The average molecular weight is 207 g/mol. The first-order valence-electron chi connectivity index (χ1n) is 4.72. The van der Waals surface area contributed by atoms with Crippen LogP contribution in [0.15, 0.2) is 16.8 Å². The molecular weight excluding hydrogens is 194 g/mol. The zero-order valence-corrected chi connectivity index (χ0v) is 8.77. The van der Waals surface area contributed by atoms with E-state index in [4.69, 9.17) is 4.52 Å². The number of hydrogen-bond donors (Lipinski definition) is 1. The Hall–Kier alpha value is -1.69. The molecule has 0 bridgehead atoms. The lowest BCUT2D eigenvalue weighted by Gasteiger charge is -1.96. The van der Waals surface area contributed by atoms with Gasteiger partial charge in [-0.3, -0.25) is 4.68 Å². The molecule has 0 aromatic carbocycles. The second kappa shape index (κ2) is 4.22. The van der Waals surface area contributed by atoms with Gasteiger partial charge in [0.2, 0.25) is 0 Å². The monoisotopic (exact) mass is 207 g/mol. The molecule has 0 aliphatic rings. The smallest absolute Gasteiger partial charge is 0.150 e. The molecule has 0 saturated heterocycles. The Labute approximate surface area is 87.3 Å². The summed E-state index contributed by atoms with van der Waals surface area (Å²) in [5.74, 6) is 0.830. The quantitative estimate of drug-likeness (QED) is 0.786. The van der Waals surface area contributed by atoms with Gasteiger partial charge in [-0.15, -0.1) is 5.10 Å². The summed E-state index contributed by atoms with van der Waals surface area (Å²) in [5, 5.41) is 14.8. The van der Waals surface area contributed by atoms with Crippen molar-refractivity contribution in [3.63, 3.8) is 0 Å². The molecule has 0 radical (unpaired) electrons. The predicted octanol–water partition coefficient (Wildman–Crippen LogP) is 0.401. The zero-order valence-electron chi connectivity index (χ0n) is 8.77. The summed E-state index contributed by atoms with van der Waals surface area (Å²) >= 11 is 0. The molecule has 1 N–H and O–H groups in total. The van der Waals surface area contributed by atoms with Crippen molar-refractivity contribution in [3.05, 3.63) is 29.4 Å². The van der Waals surface area contributed by atoms with Crippen molar-refractivity contribution >= 4 is 0 Å². The van der Waals surface area contributed by atoms with Crippen LogP contribution in [0.4, 0.5) is 0 Å². The fraction of sp³-hybridized carbons (Fsp3) is 0.444. The van der Waals surface area contributed by atoms with E-state index in [1.165, 1.54) is 0 Å². The van der Waals surface area contributed by atoms with Gasteiger partial charge in [0.25, 0.3) is 0 Å². The minimum atomic E-state index is 0.650. The second-order valence-corrected chi connectivity index (χ2v) is 3.42. The van der Waals surface area contributed by atoms with Gasteiger partial charge in [-0.2, -0.15) is 0 Å². The molecule has 0 spiro atoms. The lowest BCUT2D eigenvalue weighted by molar-refractivity contribution is 0.369. The van der Waals surface area contributed by atoms with Gasteiger partial charge in [-0.05, 0) is 6.92 Å². The summed E-state index contributed by atoms with van der Waals surface area (Å²) < 4.78 is 6.73. The van der Waals surface area contributed by atoms with Gasteiger partial charge in [0.1, 0.15) is 0 Å². The Bertz CT molecular complexity index is 393. The fourth-order valence-corrected chi connectivity index (χ4v) is 1.29. The number of nitrogens with one attached hydrogen (secondary N) is 1. The molecule has 6 nitrogen and oxygen atoms in total. The highest BCUT2D eigenvalue weighted by Crippen LogP contribution is 2.01. The minimum Gasteiger partial charge on any atom is -0.360 e. The van der Waals surface area contributed by atoms with E-state index in [2.05, 4.69) is 20.8 Å². The molecule has 2 aromatic rings. The van der Waals surface area contributed by atoms with Gasteiger partial charge in [0.15, 0.2) is 5.76 Å². The molecule has 80 valence electrons. The molecule has 15 heavy (non-hydrogen) atoms. The lowest BCUT2D eigenvalue weighted by Crippen LogP contribution is -2.12. The van der Waals surface area contributed by atoms with E-state index in [1.807, 2.05) is 26.2 Å².